The lowest BCUT2D eigenvalue weighted by molar-refractivity contribution is -0.305. The molecule has 4 heteroatoms. The van der Waals surface area contributed by atoms with Gasteiger partial charge in [-0.1, -0.05) is 41.4 Å². The molecule has 0 radical (unpaired) electrons. The van der Waals surface area contributed by atoms with E-state index in [0.717, 1.165) is 27.6 Å². The van der Waals surface area contributed by atoms with Gasteiger partial charge >= 0.3 is 0 Å². The summed E-state index contributed by atoms with van der Waals surface area (Å²) in [5, 5.41) is 12.8. The number of nitrogens with one attached hydrogen (secondary N) is 1. The molecule has 0 spiro atoms. The predicted octanol–water partition coefficient (Wildman–Crippen LogP) is 3.40. The fraction of sp³-hybridized carbons (Fsp3) is 0.167. The number of aromatic nitrogens is 1. The van der Waals surface area contributed by atoms with E-state index < -0.39 is 5.97 Å². The maximum Gasteiger partial charge on any atom is 0.0458 e. The van der Waals surface area contributed by atoms with Gasteiger partial charge in [-0.3, -0.25) is 0 Å². The molecule has 0 aliphatic rings. The average molecular weight is 313 g/mol. The van der Waals surface area contributed by atoms with Crippen molar-refractivity contribution in [2.75, 3.05) is 0 Å². The fourth-order valence-corrected chi connectivity index (χ4v) is 2.95. The zero-order valence-corrected chi connectivity index (χ0v) is 12.9. The Morgan fingerprint density at radius 2 is 1.95 bits per heavy atom. The van der Waals surface area contributed by atoms with Gasteiger partial charge < -0.3 is 14.9 Å². The van der Waals surface area contributed by atoms with Crippen molar-refractivity contribution in [1.82, 2.24) is 4.98 Å². The summed E-state index contributed by atoms with van der Waals surface area (Å²) in [5.41, 5.74) is 3.95. The number of aliphatic carboxylic acids is 1. The molecule has 112 valence electrons. The molecule has 0 aliphatic carbocycles. The van der Waals surface area contributed by atoms with E-state index in [-0.39, 0.29) is 12.3 Å². The van der Waals surface area contributed by atoms with Crippen LogP contribution in [0.15, 0.2) is 48.7 Å². The SMILES string of the molecule is Cc1ccc([C@H](CC(=O)[O-])c2c[nH]c3ccc(Cl)cc23)cc1. The van der Waals surface area contributed by atoms with Gasteiger partial charge in [0.2, 0.25) is 0 Å². The van der Waals surface area contributed by atoms with Crippen LogP contribution < -0.4 is 5.11 Å². The molecule has 0 fully saturated rings. The van der Waals surface area contributed by atoms with Gasteiger partial charge in [0.15, 0.2) is 0 Å². The van der Waals surface area contributed by atoms with Gasteiger partial charge in [-0.15, -0.1) is 0 Å². The molecule has 0 bridgehead atoms. The molecule has 1 atom stereocenters. The van der Waals surface area contributed by atoms with Gasteiger partial charge in [-0.25, -0.2) is 0 Å². The van der Waals surface area contributed by atoms with E-state index in [1.54, 1.807) is 0 Å². The van der Waals surface area contributed by atoms with Crippen molar-refractivity contribution in [3.63, 3.8) is 0 Å². The molecule has 1 aromatic heterocycles. The van der Waals surface area contributed by atoms with Crippen LogP contribution in [-0.4, -0.2) is 11.0 Å². The van der Waals surface area contributed by atoms with Crippen LogP contribution in [0.5, 0.6) is 0 Å². The number of fused-ring (bicyclic) bond motifs is 1. The van der Waals surface area contributed by atoms with E-state index in [9.17, 15) is 9.90 Å². The zero-order valence-electron chi connectivity index (χ0n) is 12.1. The average Bonchev–Trinajstić information content (AvgIpc) is 2.88. The minimum absolute atomic E-state index is 0.0669. The molecular formula is C18H15ClNO2-. The molecule has 3 rings (SSSR count). The quantitative estimate of drug-likeness (QED) is 0.802. The zero-order chi connectivity index (χ0) is 15.7. The van der Waals surface area contributed by atoms with E-state index in [1.165, 1.54) is 0 Å². The lowest BCUT2D eigenvalue weighted by atomic mass is 9.88. The number of hydrogen-bond acceptors (Lipinski definition) is 2. The Hall–Kier alpha value is -2.26. The van der Waals surface area contributed by atoms with Gasteiger partial charge in [0.25, 0.3) is 0 Å². The number of carboxylic acids is 1. The minimum Gasteiger partial charge on any atom is -0.550 e. The molecule has 0 saturated heterocycles. The van der Waals surface area contributed by atoms with E-state index in [4.69, 9.17) is 11.6 Å². The van der Waals surface area contributed by atoms with E-state index in [1.807, 2.05) is 55.6 Å². The van der Waals surface area contributed by atoms with Crippen LogP contribution in [0.2, 0.25) is 5.02 Å². The fourth-order valence-electron chi connectivity index (χ4n) is 2.78. The third kappa shape index (κ3) is 2.85. The number of carbonyl (C=O) groups is 1. The first-order valence-corrected chi connectivity index (χ1v) is 7.45. The Kier molecular flexibility index (Phi) is 3.90. The van der Waals surface area contributed by atoms with E-state index >= 15 is 0 Å². The Balaban J connectivity index is 2.13. The van der Waals surface area contributed by atoms with Crippen molar-refractivity contribution in [3.8, 4) is 0 Å². The smallest absolute Gasteiger partial charge is 0.0458 e. The summed E-state index contributed by atoms with van der Waals surface area (Å²) in [6.45, 7) is 2.00. The molecule has 0 saturated carbocycles. The second-order valence-corrected chi connectivity index (χ2v) is 5.91. The van der Waals surface area contributed by atoms with Crippen molar-refractivity contribution >= 4 is 28.5 Å². The Bertz CT molecular complexity index is 821. The Morgan fingerprint density at radius 3 is 2.64 bits per heavy atom. The first kappa shape index (κ1) is 14.7. The van der Waals surface area contributed by atoms with Crippen LogP contribution >= 0.6 is 11.6 Å². The second-order valence-electron chi connectivity index (χ2n) is 5.47. The first-order chi connectivity index (χ1) is 10.5. The lowest BCUT2D eigenvalue weighted by Crippen LogP contribution is -2.24. The van der Waals surface area contributed by atoms with Crippen molar-refractivity contribution in [2.45, 2.75) is 19.3 Å². The number of hydrogen-bond donors (Lipinski definition) is 1. The number of carboxylic acid groups (broad SMARTS) is 1. The summed E-state index contributed by atoms with van der Waals surface area (Å²) in [7, 11) is 0. The van der Waals surface area contributed by atoms with Crippen molar-refractivity contribution < 1.29 is 9.90 Å². The molecule has 2 aromatic carbocycles. The summed E-state index contributed by atoms with van der Waals surface area (Å²) in [6, 6.07) is 13.5. The summed E-state index contributed by atoms with van der Waals surface area (Å²) in [4.78, 5) is 14.4. The summed E-state index contributed by atoms with van der Waals surface area (Å²) in [5.74, 6) is -1.33. The monoisotopic (exact) mass is 312 g/mol. The summed E-state index contributed by atoms with van der Waals surface area (Å²) >= 11 is 6.08. The molecule has 22 heavy (non-hydrogen) atoms. The highest BCUT2D eigenvalue weighted by Gasteiger charge is 2.18. The minimum atomic E-state index is -1.07. The molecule has 3 nitrogen and oxygen atoms in total. The maximum atomic E-state index is 11.2. The number of H-pyrrole nitrogens is 1. The van der Waals surface area contributed by atoms with Crippen LogP contribution in [0.25, 0.3) is 10.9 Å². The third-order valence-electron chi connectivity index (χ3n) is 3.90. The predicted molar refractivity (Wildman–Crippen MR) is 86.0 cm³/mol. The van der Waals surface area contributed by atoms with Crippen molar-refractivity contribution in [1.29, 1.82) is 0 Å². The molecule has 1 heterocycles. The molecule has 0 amide bonds. The lowest BCUT2D eigenvalue weighted by Gasteiger charge is -2.18. The highest BCUT2D eigenvalue weighted by molar-refractivity contribution is 6.31. The van der Waals surface area contributed by atoms with Crippen molar-refractivity contribution in [2.24, 2.45) is 0 Å². The van der Waals surface area contributed by atoms with Crippen LogP contribution in [0, 0.1) is 6.92 Å². The third-order valence-corrected chi connectivity index (χ3v) is 4.14. The number of aromatic amines is 1. The van der Waals surface area contributed by atoms with Crippen LogP contribution in [0.3, 0.4) is 0 Å². The van der Waals surface area contributed by atoms with Crippen LogP contribution in [0.1, 0.15) is 29.0 Å². The van der Waals surface area contributed by atoms with Crippen molar-refractivity contribution in [3.05, 3.63) is 70.4 Å². The molecule has 1 N–H and O–H groups in total. The van der Waals surface area contributed by atoms with E-state index in [0.29, 0.717) is 5.02 Å². The molecule has 3 aromatic rings. The number of rotatable bonds is 4. The topological polar surface area (TPSA) is 55.9 Å². The molecule has 0 aliphatic heterocycles. The number of halogens is 1. The number of carbonyl (C=O) groups excluding carboxylic acids is 1. The Morgan fingerprint density at radius 1 is 1.23 bits per heavy atom. The van der Waals surface area contributed by atoms with Gasteiger partial charge in [-0.05, 0) is 42.7 Å². The maximum absolute atomic E-state index is 11.2. The molecule has 0 unspecified atom stereocenters. The Labute approximate surface area is 133 Å². The largest absolute Gasteiger partial charge is 0.550 e. The standard InChI is InChI=1S/C18H16ClNO2/c1-11-2-4-12(5-3-11)14(9-18(21)22)16-10-20-17-7-6-13(19)8-15(16)17/h2-8,10,14,20H,9H2,1H3,(H,21,22)/p-1/t14-/m0/s1. The van der Waals surface area contributed by atoms with Gasteiger partial charge in [0.05, 0.1) is 0 Å². The highest BCUT2D eigenvalue weighted by atomic mass is 35.5. The highest BCUT2D eigenvalue weighted by Crippen LogP contribution is 2.34. The van der Waals surface area contributed by atoms with E-state index in [2.05, 4.69) is 4.98 Å². The van der Waals surface area contributed by atoms with Crippen LogP contribution in [0.4, 0.5) is 0 Å². The summed E-state index contributed by atoms with van der Waals surface area (Å²) < 4.78 is 0. The van der Waals surface area contributed by atoms with Crippen LogP contribution in [-0.2, 0) is 4.79 Å². The van der Waals surface area contributed by atoms with Gasteiger partial charge in [0, 0.05) is 34.0 Å². The number of benzene rings is 2. The van der Waals surface area contributed by atoms with Gasteiger partial charge in [0.1, 0.15) is 0 Å². The number of aryl methyl sites for hydroxylation is 1. The van der Waals surface area contributed by atoms with Gasteiger partial charge in [-0.2, -0.15) is 0 Å². The second kappa shape index (κ2) is 5.85. The first-order valence-electron chi connectivity index (χ1n) is 7.07. The normalized spacial score (nSPS) is 12.5. The molecular weight excluding hydrogens is 298 g/mol. The summed E-state index contributed by atoms with van der Waals surface area (Å²) in [6.07, 6.45) is 1.79.